The maximum Gasteiger partial charge on any atom is 0.331 e. The fourth-order valence-electron chi connectivity index (χ4n) is 2.07. The van der Waals surface area contributed by atoms with Crippen LogP contribution in [-0.4, -0.2) is 30.2 Å². The number of carbonyl (C=O) groups is 2. The number of hydrogen-bond donors (Lipinski definition) is 2. The second kappa shape index (κ2) is 7.27. The Morgan fingerprint density at radius 3 is 1.82 bits per heavy atom. The van der Waals surface area contributed by atoms with Crippen LogP contribution in [0.3, 0.4) is 0 Å². The van der Waals surface area contributed by atoms with Crippen molar-refractivity contribution < 1.29 is 19.8 Å². The summed E-state index contributed by atoms with van der Waals surface area (Å²) in [6.07, 6.45) is 1.20. The lowest BCUT2D eigenvalue weighted by atomic mass is 10.2. The van der Waals surface area contributed by atoms with Crippen LogP contribution in [0.1, 0.15) is 27.2 Å². The van der Waals surface area contributed by atoms with Crippen molar-refractivity contribution in [1.82, 2.24) is 0 Å². The second-order valence-electron chi connectivity index (χ2n) is 4.37. The molecule has 0 spiro atoms. The molecule has 4 nitrogen and oxygen atoms in total. The van der Waals surface area contributed by atoms with E-state index in [-0.39, 0.29) is 5.57 Å². The SMILES string of the molecule is CC[Si](CC)(CC)CC/C(=C/C(=O)O)C(=O)O. The molecule has 0 aromatic rings. The Bertz CT molecular complexity index is 297. The molecule has 0 heterocycles. The van der Waals surface area contributed by atoms with Crippen molar-refractivity contribution in [2.75, 3.05) is 0 Å². The standard InChI is InChI=1S/C12H22O4Si/c1-4-17(5-2,6-3)8-7-10(12(15)16)9-11(13)14/h9H,4-8H2,1-3H3,(H,13,14)(H,15,16)/b10-9-. The molecule has 0 aliphatic carbocycles. The van der Waals surface area contributed by atoms with Gasteiger partial charge in [0.05, 0.1) is 8.07 Å². The highest BCUT2D eigenvalue weighted by molar-refractivity contribution is 6.79. The van der Waals surface area contributed by atoms with Gasteiger partial charge in [-0.25, -0.2) is 9.59 Å². The van der Waals surface area contributed by atoms with Gasteiger partial charge in [-0.3, -0.25) is 0 Å². The fourth-order valence-corrected chi connectivity index (χ4v) is 5.43. The van der Waals surface area contributed by atoms with Gasteiger partial charge >= 0.3 is 11.9 Å². The van der Waals surface area contributed by atoms with Crippen LogP contribution in [-0.2, 0) is 9.59 Å². The van der Waals surface area contributed by atoms with Gasteiger partial charge in [0, 0.05) is 11.6 Å². The summed E-state index contributed by atoms with van der Waals surface area (Å²) in [6, 6.07) is 4.24. The average Bonchev–Trinajstić information content (AvgIpc) is 2.29. The third-order valence-corrected chi connectivity index (χ3v) is 9.56. The van der Waals surface area contributed by atoms with Gasteiger partial charge < -0.3 is 10.2 Å². The highest BCUT2D eigenvalue weighted by Gasteiger charge is 2.27. The first-order chi connectivity index (χ1) is 7.90. The summed E-state index contributed by atoms with van der Waals surface area (Å²) in [4.78, 5) is 21.4. The Morgan fingerprint density at radius 2 is 1.53 bits per heavy atom. The van der Waals surface area contributed by atoms with Gasteiger partial charge in [0.25, 0.3) is 0 Å². The summed E-state index contributed by atoms with van der Waals surface area (Å²) < 4.78 is 0. The summed E-state index contributed by atoms with van der Waals surface area (Å²) in [5.74, 6) is -2.29. The maximum atomic E-state index is 10.9. The predicted octanol–water partition coefficient (Wildman–Crippen LogP) is 2.98. The van der Waals surface area contributed by atoms with Crippen LogP contribution in [0, 0.1) is 0 Å². The number of aliphatic carboxylic acids is 2. The third-order valence-electron chi connectivity index (χ3n) is 3.75. The van der Waals surface area contributed by atoms with Crippen molar-refractivity contribution in [2.24, 2.45) is 0 Å². The van der Waals surface area contributed by atoms with E-state index in [1.54, 1.807) is 0 Å². The minimum Gasteiger partial charge on any atom is -0.478 e. The van der Waals surface area contributed by atoms with Crippen LogP contribution >= 0.6 is 0 Å². The summed E-state index contributed by atoms with van der Waals surface area (Å²) in [5, 5.41) is 17.5. The van der Waals surface area contributed by atoms with Gasteiger partial charge in [-0.05, 0) is 6.42 Å². The summed E-state index contributed by atoms with van der Waals surface area (Å²) in [7, 11) is -1.37. The number of hydrogen-bond acceptors (Lipinski definition) is 2. The molecule has 0 atom stereocenters. The van der Waals surface area contributed by atoms with Crippen LogP contribution < -0.4 is 0 Å². The minimum atomic E-state index is -1.37. The lowest BCUT2D eigenvalue weighted by molar-refractivity contribution is -0.135. The van der Waals surface area contributed by atoms with E-state index in [9.17, 15) is 9.59 Å². The Morgan fingerprint density at radius 1 is 1.06 bits per heavy atom. The lowest BCUT2D eigenvalue weighted by Gasteiger charge is -2.28. The van der Waals surface area contributed by atoms with Crippen LogP contribution in [0.2, 0.25) is 24.2 Å². The maximum absolute atomic E-state index is 10.9. The summed E-state index contributed by atoms with van der Waals surface area (Å²) in [5.41, 5.74) is 0.0183. The van der Waals surface area contributed by atoms with Crippen molar-refractivity contribution in [3.05, 3.63) is 11.6 Å². The van der Waals surface area contributed by atoms with E-state index >= 15 is 0 Å². The van der Waals surface area contributed by atoms with Crippen molar-refractivity contribution in [2.45, 2.75) is 51.4 Å². The first-order valence-corrected chi connectivity index (χ1v) is 8.90. The molecule has 0 bridgehead atoms. The smallest absolute Gasteiger partial charge is 0.331 e. The highest BCUT2D eigenvalue weighted by atomic mass is 28.3. The molecule has 0 aromatic carbocycles. The molecule has 0 saturated heterocycles. The van der Waals surface area contributed by atoms with Gasteiger partial charge in [0.15, 0.2) is 0 Å². The molecule has 5 heteroatoms. The zero-order valence-corrected chi connectivity index (χ0v) is 11.8. The van der Waals surface area contributed by atoms with Crippen LogP contribution in [0.25, 0.3) is 0 Å². The van der Waals surface area contributed by atoms with E-state index in [0.717, 1.165) is 30.3 Å². The first-order valence-electron chi connectivity index (χ1n) is 6.07. The molecule has 0 aliphatic heterocycles. The molecule has 0 radical (unpaired) electrons. The van der Waals surface area contributed by atoms with Crippen molar-refractivity contribution >= 4 is 20.0 Å². The fraction of sp³-hybridized carbons (Fsp3) is 0.667. The molecule has 0 unspecified atom stereocenters. The van der Waals surface area contributed by atoms with Gasteiger partial charge in [-0.1, -0.05) is 44.9 Å². The molecule has 0 fully saturated rings. The molecule has 0 amide bonds. The van der Waals surface area contributed by atoms with Gasteiger partial charge in [-0.15, -0.1) is 0 Å². The minimum absolute atomic E-state index is 0.0183. The number of rotatable bonds is 8. The lowest BCUT2D eigenvalue weighted by Crippen LogP contribution is -2.31. The molecule has 98 valence electrons. The molecule has 2 N–H and O–H groups in total. The molecule has 0 aliphatic rings. The third kappa shape index (κ3) is 5.17. The summed E-state index contributed by atoms with van der Waals surface area (Å²) in [6.45, 7) is 6.46. The molecule has 17 heavy (non-hydrogen) atoms. The Hall–Kier alpha value is -1.10. The Labute approximate surface area is 103 Å². The van der Waals surface area contributed by atoms with E-state index in [4.69, 9.17) is 10.2 Å². The zero-order valence-electron chi connectivity index (χ0n) is 10.8. The van der Waals surface area contributed by atoms with Crippen molar-refractivity contribution in [3.8, 4) is 0 Å². The highest BCUT2D eigenvalue weighted by Crippen LogP contribution is 2.28. The molecule has 0 aromatic heterocycles. The molecule has 0 saturated carbocycles. The largest absolute Gasteiger partial charge is 0.478 e. The first kappa shape index (κ1) is 15.9. The predicted molar refractivity (Wildman–Crippen MR) is 70.0 cm³/mol. The van der Waals surface area contributed by atoms with Crippen LogP contribution in [0.5, 0.6) is 0 Å². The van der Waals surface area contributed by atoms with Gasteiger partial charge in [0.1, 0.15) is 0 Å². The molecular formula is C12H22O4Si. The van der Waals surface area contributed by atoms with E-state index in [0.29, 0.717) is 6.42 Å². The van der Waals surface area contributed by atoms with E-state index in [2.05, 4.69) is 20.8 Å². The average molecular weight is 258 g/mol. The van der Waals surface area contributed by atoms with Crippen molar-refractivity contribution in [3.63, 3.8) is 0 Å². The topological polar surface area (TPSA) is 74.6 Å². The molecular weight excluding hydrogens is 236 g/mol. The van der Waals surface area contributed by atoms with Crippen LogP contribution in [0.15, 0.2) is 11.6 Å². The second-order valence-corrected chi connectivity index (χ2v) is 9.99. The van der Waals surface area contributed by atoms with Gasteiger partial charge in [0.2, 0.25) is 0 Å². The number of carboxylic acids is 2. The monoisotopic (exact) mass is 258 g/mol. The number of carboxylic acid groups (broad SMARTS) is 2. The normalized spacial score (nSPS) is 12.5. The van der Waals surface area contributed by atoms with Crippen LogP contribution in [0.4, 0.5) is 0 Å². The molecule has 0 rings (SSSR count). The Balaban J connectivity index is 4.70. The quantitative estimate of drug-likeness (QED) is 0.518. The Kier molecular flexibility index (Phi) is 6.80. The van der Waals surface area contributed by atoms with E-state index in [1.807, 2.05) is 0 Å². The zero-order chi connectivity index (χ0) is 13.5. The van der Waals surface area contributed by atoms with Gasteiger partial charge in [-0.2, -0.15) is 0 Å². The van der Waals surface area contributed by atoms with E-state index < -0.39 is 20.0 Å². The summed E-state index contributed by atoms with van der Waals surface area (Å²) >= 11 is 0. The van der Waals surface area contributed by atoms with Crippen molar-refractivity contribution in [1.29, 1.82) is 0 Å². The van der Waals surface area contributed by atoms with E-state index in [1.165, 1.54) is 0 Å².